The van der Waals surface area contributed by atoms with Crippen LogP contribution in [0.3, 0.4) is 0 Å². The topological polar surface area (TPSA) is 51.2 Å². The van der Waals surface area contributed by atoms with E-state index >= 15 is 0 Å². The van der Waals surface area contributed by atoms with Gasteiger partial charge in [-0.1, -0.05) is 11.6 Å². The van der Waals surface area contributed by atoms with E-state index in [1.807, 2.05) is 6.07 Å². The predicted molar refractivity (Wildman–Crippen MR) is 76.5 cm³/mol. The first-order valence-corrected chi connectivity index (χ1v) is 6.23. The summed E-state index contributed by atoms with van der Waals surface area (Å²) < 4.78 is 5.15. The molecule has 1 N–H and O–H groups in total. The Morgan fingerprint density at radius 1 is 1.37 bits per heavy atom. The molecule has 0 radical (unpaired) electrons. The minimum Gasteiger partial charge on any atom is -0.369 e. The fourth-order valence-electron chi connectivity index (χ4n) is 1.60. The number of hydrogen-bond donors (Lipinski definition) is 1. The van der Waals surface area contributed by atoms with Crippen LogP contribution in [-0.4, -0.2) is 23.6 Å². The molecule has 0 saturated carbocycles. The molecule has 2 aromatic rings. The second-order valence-electron chi connectivity index (χ2n) is 4.66. The molecule has 0 aliphatic heterocycles. The summed E-state index contributed by atoms with van der Waals surface area (Å²) >= 11 is 6.11. The van der Waals surface area contributed by atoms with Crippen LogP contribution in [0.15, 0.2) is 30.5 Å². The van der Waals surface area contributed by atoms with Crippen molar-refractivity contribution < 1.29 is 9.53 Å². The van der Waals surface area contributed by atoms with Crippen LogP contribution in [0.4, 0.5) is 5.69 Å². The lowest BCUT2D eigenvalue weighted by atomic mass is 10.1. The fourth-order valence-corrected chi connectivity index (χ4v) is 1.82. The van der Waals surface area contributed by atoms with Crippen LogP contribution in [0.2, 0.25) is 5.02 Å². The number of halogens is 1. The number of hydrogen-bond acceptors (Lipinski definition) is 3. The first-order valence-electron chi connectivity index (χ1n) is 5.85. The van der Waals surface area contributed by atoms with Crippen LogP contribution in [0.25, 0.3) is 10.9 Å². The minimum absolute atomic E-state index is 0.232. The molecule has 0 fully saturated rings. The second-order valence-corrected chi connectivity index (χ2v) is 5.07. The third-order valence-corrected chi connectivity index (χ3v) is 3.35. The number of methoxy groups -OCH3 is 1. The lowest BCUT2D eigenvalue weighted by Crippen LogP contribution is -2.38. The normalized spacial score (nSPS) is 11.6. The standard InChI is InChI=1S/C14H15ClN2O2/c1-14(2,19-3)13(18)17-11-7-6-10(15)9-5-4-8-16-12(9)11/h4-8H,1-3H3,(H,17,18). The number of nitrogens with zero attached hydrogens (tertiary/aromatic N) is 1. The number of ether oxygens (including phenoxy) is 1. The number of anilines is 1. The van der Waals surface area contributed by atoms with E-state index in [0.29, 0.717) is 16.2 Å². The molecule has 1 heterocycles. The molecular weight excluding hydrogens is 264 g/mol. The molecule has 4 nitrogen and oxygen atoms in total. The first-order chi connectivity index (χ1) is 8.95. The van der Waals surface area contributed by atoms with Crippen LogP contribution in [0.1, 0.15) is 13.8 Å². The van der Waals surface area contributed by atoms with Crippen molar-refractivity contribution in [3.63, 3.8) is 0 Å². The van der Waals surface area contributed by atoms with Gasteiger partial charge in [0.05, 0.1) is 16.2 Å². The average molecular weight is 279 g/mol. The van der Waals surface area contributed by atoms with Gasteiger partial charge < -0.3 is 10.1 Å². The Bertz CT molecular complexity index is 626. The molecule has 1 aromatic heterocycles. The van der Waals surface area contributed by atoms with E-state index in [2.05, 4.69) is 10.3 Å². The smallest absolute Gasteiger partial charge is 0.256 e. The number of carbonyl (C=O) groups is 1. The Kier molecular flexibility index (Phi) is 3.73. The van der Waals surface area contributed by atoms with Gasteiger partial charge in [0.2, 0.25) is 0 Å². The zero-order valence-electron chi connectivity index (χ0n) is 11.0. The van der Waals surface area contributed by atoms with Crippen molar-refractivity contribution in [1.82, 2.24) is 4.98 Å². The van der Waals surface area contributed by atoms with Crippen LogP contribution >= 0.6 is 11.6 Å². The van der Waals surface area contributed by atoms with Gasteiger partial charge in [0.15, 0.2) is 0 Å². The quantitative estimate of drug-likeness (QED) is 0.938. The molecule has 1 amide bonds. The highest BCUT2D eigenvalue weighted by Gasteiger charge is 2.27. The molecule has 5 heteroatoms. The molecule has 0 unspecified atom stereocenters. The third kappa shape index (κ3) is 2.69. The lowest BCUT2D eigenvalue weighted by Gasteiger charge is -2.22. The molecule has 0 atom stereocenters. The summed E-state index contributed by atoms with van der Waals surface area (Å²) in [7, 11) is 1.50. The SMILES string of the molecule is COC(C)(C)C(=O)Nc1ccc(Cl)c2cccnc12. The van der Waals surface area contributed by atoms with E-state index in [-0.39, 0.29) is 5.91 Å². The molecule has 0 saturated heterocycles. The van der Waals surface area contributed by atoms with Crippen LogP contribution < -0.4 is 5.32 Å². The zero-order chi connectivity index (χ0) is 14.0. The highest BCUT2D eigenvalue weighted by atomic mass is 35.5. The summed E-state index contributed by atoms with van der Waals surface area (Å²) in [5, 5.41) is 4.23. The predicted octanol–water partition coefficient (Wildman–Crippen LogP) is 3.25. The van der Waals surface area contributed by atoms with Gasteiger partial charge in [-0.2, -0.15) is 0 Å². The molecule has 100 valence electrons. The summed E-state index contributed by atoms with van der Waals surface area (Å²) in [6.45, 7) is 3.40. The summed E-state index contributed by atoms with van der Waals surface area (Å²) in [5.74, 6) is -0.232. The van der Waals surface area contributed by atoms with Crippen LogP contribution in [-0.2, 0) is 9.53 Å². The van der Waals surface area contributed by atoms with Crippen molar-refractivity contribution in [2.75, 3.05) is 12.4 Å². The van der Waals surface area contributed by atoms with E-state index in [0.717, 1.165) is 5.39 Å². The molecule has 0 aliphatic rings. The number of benzene rings is 1. The lowest BCUT2D eigenvalue weighted by molar-refractivity contribution is -0.133. The maximum atomic E-state index is 12.1. The number of aromatic nitrogens is 1. The van der Waals surface area contributed by atoms with Gasteiger partial charge in [0.25, 0.3) is 5.91 Å². The van der Waals surface area contributed by atoms with Crippen LogP contribution in [0.5, 0.6) is 0 Å². The Hall–Kier alpha value is -1.65. The number of rotatable bonds is 3. The zero-order valence-corrected chi connectivity index (χ0v) is 11.8. The molecule has 19 heavy (non-hydrogen) atoms. The van der Waals surface area contributed by atoms with Crippen molar-refractivity contribution in [3.05, 3.63) is 35.5 Å². The van der Waals surface area contributed by atoms with E-state index in [9.17, 15) is 4.79 Å². The maximum Gasteiger partial charge on any atom is 0.256 e. The van der Waals surface area contributed by atoms with Gasteiger partial charge in [0, 0.05) is 18.7 Å². The van der Waals surface area contributed by atoms with Crippen molar-refractivity contribution in [3.8, 4) is 0 Å². The van der Waals surface area contributed by atoms with E-state index in [4.69, 9.17) is 16.3 Å². The van der Waals surface area contributed by atoms with E-state index in [1.165, 1.54) is 7.11 Å². The van der Waals surface area contributed by atoms with Gasteiger partial charge in [-0.15, -0.1) is 0 Å². The fraction of sp³-hybridized carbons (Fsp3) is 0.286. The Morgan fingerprint density at radius 3 is 2.79 bits per heavy atom. The summed E-state index contributed by atoms with van der Waals surface area (Å²) in [4.78, 5) is 16.4. The Balaban J connectivity index is 2.42. The first kappa shape index (κ1) is 13.8. The molecular formula is C14H15ClN2O2. The van der Waals surface area contributed by atoms with Crippen molar-refractivity contribution in [2.24, 2.45) is 0 Å². The highest BCUT2D eigenvalue weighted by Crippen LogP contribution is 2.28. The van der Waals surface area contributed by atoms with Gasteiger partial charge in [-0.25, -0.2) is 0 Å². The van der Waals surface area contributed by atoms with Crippen molar-refractivity contribution in [2.45, 2.75) is 19.4 Å². The number of fused-ring (bicyclic) bond motifs is 1. The maximum absolute atomic E-state index is 12.1. The number of amides is 1. The number of nitrogens with one attached hydrogen (secondary N) is 1. The van der Waals surface area contributed by atoms with Gasteiger partial charge >= 0.3 is 0 Å². The van der Waals surface area contributed by atoms with Crippen LogP contribution in [0, 0.1) is 0 Å². The number of carbonyl (C=O) groups excluding carboxylic acids is 1. The molecule has 1 aromatic carbocycles. The van der Waals surface area contributed by atoms with Gasteiger partial charge in [-0.05, 0) is 38.1 Å². The summed E-state index contributed by atoms with van der Waals surface area (Å²) in [6.07, 6.45) is 1.66. The van der Waals surface area contributed by atoms with Crippen molar-refractivity contribution in [1.29, 1.82) is 0 Å². The largest absolute Gasteiger partial charge is 0.369 e. The second kappa shape index (κ2) is 5.15. The number of pyridine rings is 1. The molecule has 0 bridgehead atoms. The molecule has 0 spiro atoms. The molecule has 2 rings (SSSR count). The summed E-state index contributed by atoms with van der Waals surface area (Å²) in [6, 6.07) is 7.14. The van der Waals surface area contributed by atoms with E-state index in [1.54, 1.807) is 38.2 Å². The highest BCUT2D eigenvalue weighted by molar-refractivity contribution is 6.36. The minimum atomic E-state index is -0.902. The third-order valence-electron chi connectivity index (χ3n) is 3.02. The summed E-state index contributed by atoms with van der Waals surface area (Å²) in [5.41, 5.74) is 0.381. The van der Waals surface area contributed by atoms with Crippen molar-refractivity contribution >= 4 is 34.1 Å². The monoisotopic (exact) mass is 278 g/mol. The van der Waals surface area contributed by atoms with Gasteiger partial charge in [-0.3, -0.25) is 9.78 Å². The Labute approximate surface area is 116 Å². The van der Waals surface area contributed by atoms with Gasteiger partial charge in [0.1, 0.15) is 5.60 Å². The van der Waals surface area contributed by atoms with E-state index < -0.39 is 5.60 Å². The average Bonchev–Trinajstić information content (AvgIpc) is 2.42. The molecule has 0 aliphatic carbocycles. The Morgan fingerprint density at radius 2 is 2.11 bits per heavy atom.